The van der Waals surface area contributed by atoms with Crippen molar-refractivity contribution >= 4 is 0 Å². The first kappa shape index (κ1) is 10.0. The molecule has 0 atom stereocenters. The molecule has 0 rings (SSSR count). The molecule has 0 saturated heterocycles. The highest BCUT2D eigenvalue weighted by Gasteiger charge is 1.98. The lowest BCUT2D eigenvalue weighted by Crippen LogP contribution is -1.90. The Hall–Kier alpha value is -0.980. The van der Waals surface area contributed by atoms with Crippen molar-refractivity contribution in [3.05, 3.63) is 36.1 Å². The van der Waals surface area contributed by atoms with Crippen LogP contribution >= 0.6 is 0 Å². The molecule has 0 fully saturated rings. The Morgan fingerprint density at radius 2 is 2.18 bits per heavy atom. The summed E-state index contributed by atoms with van der Waals surface area (Å²) in [6.45, 7) is 7.73. The van der Waals surface area contributed by atoms with Crippen LogP contribution in [-0.4, -0.2) is 7.11 Å². The summed E-state index contributed by atoms with van der Waals surface area (Å²) in [7, 11) is 1.68. The van der Waals surface area contributed by atoms with E-state index >= 15 is 0 Å². The first-order valence-electron chi connectivity index (χ1n) is 3.82. The van der Waals surface area contributed by atoms with Crippen molar-refractivity contribution in [2.75, 3.05) is 7.11 Å². The molecular formula is C10H16O. The molecule has 0 aromatic rings. The van der Waals surface area contributed by atoms with Crippen molar-refractivity contribution in [1.82, 2.24) is 0 Å². The summed E-state index contributed by atoms with van der Waals surface area (Å²) >= 11 is 0. The molecule has 1 nitrogen and oxygen atoms in total. The Balaban J connectivity index is 4.47. The van der Waals surface area contributed by atoms with Crippen molar-refractivity contribution in [3.63, 3.8) is 0 Å². The number of hydrogen-bond donors (Lipinski definition) is 0. The summed E-state index contributed by atoms with van der Waals surface area (Å²) in [5.74, 6) is 0.907. The van der Waals surface area contributed by atoms with Crippen molar-refractivity contribution in [3.8, 4) is 0 Å². The second-order valence-electron chi connectivity index (χ2n) is 2.14. The lowest BCUT2D eigenvalue weighted by Gasteiger charge is -2.06. The maximum atomic E-state index is 5.16. The minimum Gasteiger partial charge on any atom is -0.496 e. The molecule has 0 heterocycles. The minimum atomic E-state index is 0.907. The van der Waals surface area contributed by atoms with Gasteiger partial charge in [-0.2, -0.15) is 0 Å². The molecule has 0 N–H and O–H groups in total. The van der Waals surface area contributed by atoms with Gasteiger partial charge < -0.3 is 4.74 Å². The molecule has 0 saturated carbocycles. The van der Waals surface area contributed by atoms with Gasteiger partial charge in [0.05, 0.1) is 7.11 Å². The Labute approximate surface area is 69.1 Å². The van der Waals surface area contributed by atoms with Crippen LogP contribution in [0.5, 0.6) is 0 Å². The second-order valence-corrected chi connectivity index (χ2v) is 2.14. The van der Waals surface area contributed by atoms with E-state index in [9.17, 15) is 0 Å². The third-order valence-corrected chi connectivity index (χ3v) is 1.53. The smallest absolute Gasteiger partial charge is 0.121 e. The van der Waals surface area contributed by atoms with Crippen LogP contribution in [0, 0.1) is 0 Å². The van der Waals surface area contributed by atoms with Crippen molar-refractivity contribution in [2.24, 2.45) is 0 Å². The molecule has 0 aliphatic rings. The molecule has 0 bridgehead atoms. The molecule has 0 aromatic heterocycles. The Morgan fingerprint density at radius 1 is 1.55 bits per heavy atom. The zero-order chi connectivity index (χ0) is 8.69. The summed E-state index contributed by atoms with van der Waals surface area (Å²) in [6, 6.07) is 0. The van der Waals surface area contributed by atoms with Crippen LogP contribution in [0.4, 0.5) is 0 Å². The average molecular weight is 152 g/mol. The summed E-state index contributed by atoms with van der Waals surface area (Å²) in [5, 5.41) is 0. The highest BCUT2D eigenvalue weighted by molar-refractivity contribution is 5.27. The van der Waals surface area contributed by atoms with E-state index in [0.717, 1.165) is 12.2 Å². The van der Waals surface area contributed by atoms with E-state index in [1.54, 1.807) is 13.2 Å². The van der Waals surface area contributed by atoms with Crippen molar-refractivity contribution < 1.29 is 4.74 Å². The van der Waals surface area contributed by atoms with Gasteiger partial charge in [0.2, 0.25) is 0 Å². The first-order chi connectivity index (χ1) is 5.29. The predicted octanol–water partition coefficient (Wildman–Crippen LogP) is 3.06. The summed E-state index contributed by atoms with van der Waals surface area (Å²) in [4.78, 5) is 0. The molecule has 0 aliphatic heterocycles. The summed E-state index contributed by atoms with van der Waals surface area (Å²) in [5.41, 5.74) is 1.22. The SMILES string of the molecule is C=C/C=C(OC)\C(=C/C)CC. The number of rotatable bonds is 4. The fourth-order valence-electron chi connectivity index (χ4n) is 0.934. The molecule has 0 radical (unpaired) electrons. The number of allylic oxidation sites excluding steroid dienone is 4. The van der Waals surface area contributed by atoms with Crippen LogP contribution in [0.25, 0.3) is 0 Å². The summed E-state index contributed by atoms with van der Waals surface area (Å²) < 4.78 is 5.16. The molecule has 0 aromatic carbocycles. The average Bonchev–Trinajstić information content (AvgIpc) is 2.05. The zero-order valence-corrected chi connectivity index (χ0v) is 7.55. The van der Waals surface area contributed by atoms with Gasteiger partial charge in [0, 0.05) is 0 Å². The van der Waals surface area contributed by atoms with Gasteiger partial charge in [-0.25, -0.2) is 0 Å². The second kappa shape index (κ2) is 5.78. The largest absolute Gasteiger partial charge is 0.496 e. The van der Waals surface area contributed by atoms with Gasteiger partial charge in [0.15, 0.2) is 0 Å². The highest BCUT2D eigenvalue weighted by atomic mass is 16.5. The first-order valence-corrected chi connectivity index (χ1v) is 3.82. The highest BCUT2D eigenvalue weighted by Crippen LogP contribution is 2.13. The molecule has 1 heteroatoms. The fourth-order valence-corrected chi connectivity index (χ4v) is 0.934. The van der Waals surface area contributed by atoms with E-state index in [2.05, 4.69) is 19.6 Å². The lowest BCUT2D eigenvalue weighted by molar-refractivity contribution is 0.299. The van der Waals surface area contributed by atoms with Gasteiger partial charge in [-0.3, -0.25) is 0 Å². The molecule has 0 amide bonds. The summed E-state index contributed by atoms with van der Waals surface area (Å²) in [6.07, 6.45) is 6.65. The van der Waals surface area contributed by atoms with Crippen LogP contribution in [0.2, 0.25) is 0 Å². The van der Waals surface area contributed by atoms with E-state index < -0.39 is 0 Å². The Morgan fingerprint density at radius 3 is 2.45 bits per heavy atom. The third-order valence-electron chi connectivity index (χ3n) is 1.53. The molecule has 11 heavy (non-hydrogen) atoms. The lowest BCUT2D eigenvalue weighted by atomic mass is 10.1. The van der Waals surface area contributed by atoms with Gasteiger partial charge in [0.1, 0.15) is 5.76 Å². The van der Waals surface area contributed by atoms with E-state index in [1.165, 1.54) is 5.57 Å². The maximum Gasteiger partial charge on any atom is 0.121 e. The van der Waals surface area contributed by atoms with Gasteiger partial charge in [-0.05, 0) is 25.0 Å². The molecule has 0 aliphatic carbocycles. The van der Waals surface area contributed by atoms with E-state index in [0.29, 0.717) is 0 Å². The van der Waals surface area contributed by atoms with Gasteiger partial charge in [-0.15, -0.1) is 0 Å². The van der Waals surface area contributed by atoms with Crippen molar-refractivity contribution in [2.45, 2.75) is 20.3 Å². The Kier molecular flexibility index (Phi) is 5.26. The standard InChI is InChI=1S/C10H16O/c1-5-8-10(11-4)9(6-2)7-3/h5-6,8H,1,7H2,2-4H3/b9-6-,10-8+. The van der Waals surface area contributed by atoms with E-state index in [4.69, 9.17) is 4.74 Å². The van der Waals surface area contributed by atoms with Gasteiger partial charge >= 0.3 is 0 Å². The molecule has 0 spiro atoms. The molecule has 0 unspecified atom stereocenters. The molecule has 62 valence electrons. The minimum absolute atomic E-state index is 0.907. The Bertz CT molecular complexity index is 175. The van der Waals surface area contributed by atoms with Gasteiger partial charge in [0.25, 0.3) is 0 Å². The third kappa shape index (κ3) is 3.08. The van der Waals surface area contributed by atoms with Crippen LogP contribution in [0.1, 0.15) is 20.3 Å². The van der Waals surface area contributed by atoms with Crippen molar-refractivity contribution in [1.29, 1.82) is 0 Å². The van der Waals surface area contributed by atoms with Crippen LogP contribution in [0.15, 0.2) is 36.1 Å². The van der Waals surface area contributed by atoms with E-state index in [-0.39, 0.29) is 0 Å². The number of methoxy groups -OCH3 is 1. The fraction of sp³-hybridized carbons (Fsp3) is 0.400. The maximum absolute atomic E-state index is 5.16. The normalized spacial score (nSPS) is 13.0. The molecular weight excluding hydrogens is 136 g/mol. The van der Waals surface area contributed by atoms with E-state index in [1.807, 2.05) is 13.0 Å². The quantitative estimate of drug-likeness (QED) is 0.444. The zero-order valence-electron chi connectivity index (χ0n) is 7.55. The topological polar surface area (TPSA) is 9.23 Å². The number of ether oxygens (including phenoxy) is 1. The van der Waals surface area contributed by atoms with Crippen LogP contribution < -0.4 is 0 Å². The van der Waals surface area contributed by atoms with Gasteiger partial charge in [-0.1, -0.05) is 25.7 Å². The van der Waals surface area contributed by atoms with Crippen LogP contribution in [-0.2, 0) is 4.74 Å². The number of hydrogen-bond acceptors (Lipinski definition) is 1. The van der Waals surface area contributed by atoms with Crippen LogP contribution in [0.3, 0.4) is 0 Å². The monoisotopic (exact) mass is 152 g/mol. The predicted molar refractivity (Wildman–Crippen MR) is 49.3 cm³/mol.